The molecule has 1 aromatic heterocycles. The lowest BCUT2D eigenvalue weighted by Gasteiger charge is -2.03. The van der Waals surface area contributed by atoms with Crippen LogP contribution >= 0.6 is 23.2 Å². The van der Waals surface area contributed by atoms with Crippen LogP contribution in [0.1, 0.15) is 5.69 Å². The Balaban J connectivity index is 2.58. The Morgan fingerprint density at radius 3 is 2.69 bits per heavy atom. The number of halogens is 2. The third kappa shape index (κ3) is 2.13. The maximum absolute atomic E-state index is 8.73. The van der Waals surface area contributed by atoms with Crippen LogP contribution in [0.4, 0.5) is 0 Å². The highest BCUT2D eigenvalue weighted by molar-refractivity contribution is 6.35. The minimum absolute atomic E-state index is 0.293. The highest BCUT2D eigenvalue weighted by atomic mass is 35.5. The lowest BCUT2D eigenvalue weighted by atomic mass is 10.1. The SMILES string of the molecule is N#Cc1cc(-c2cc(Cl)ccc2Cl)ncn1. The van der Waals surface area contributed by atoms with Crippen molar-refractivity contribution in [3.63, 3.8) is 0 Å². The third-order valence-electron chi connectivity index (χ3n) is 1.99. The first-order chi connectivity index (χ1) is 7.70. The number of rotatable bonds is 1. The molecule has 0 atom stereocenters. The van der Waals surface area contributed by atoms with Crippen molar-refractivity contribution < 1.29 is 0 Å². The molecule has 5 heteroatoms. The minimum atomic E-state index is 0.293. The van der Waals surface area contributed by atoms with Gasteiger partial charge in [-0.25, -0.2) is 9.97 Å². The molecule has 16 heavy (non-hydrogen) atoms. The molecule has 0 spiro atoms. The summed E-state index contributed by atoms with van der Waals surface area (Å²) in [5, 5.41) is 9.83. The molecule has 0 aliphatic heterocycles. The second kappa shape index (κ2) is 4.48. The molecule has 0 radical (unpaired) electrons. The van der Waals surface area contributed by atoms with Gasteiger partial charge >= 0.3 is 0 Å². The molecular formula is C11H5Cl2N3. The number of hydrogen-bond donors (Lipinski definition) is 0. The van der Waals surface area contributed by atoms with Gasteiger partial charge < -0.3 is 0 Å². The van der Waals surface area contributed by atoms with E-state index in [9.17, 15) is 0 Å². The van der Waals surface area contributed by atoms with Crippen LogP contribution < -0.4 is 0 Å². The molecule has 0 fully saturated rings. The summed E-state index contributed by atoms with van der Waals surface area (Å²) in [7, 11) is 0. The number of hydrogen-bond acceptors (Lipinski definition) is 3. The Bertz CT molecular complexity index is 576. The largest absolute Gasteiger partial charge is 0.236 e. The molecule has 0 bridgehead atoms. The van der Waals surface area contributed by atoms with E-state index in [2.05, 4.69) is 9.97 Å². The fraction of sp³-hybridized carbons (Fsp3) is 0. The van der Waals surface area contributed by atoms with Crippen LogP contribution in [-0.2, 0) is 0 Å². The lowest BCUT2D eigenvalue weighted by Crippen LogP contribution is -1.89. The fourth-order valence-electron chi connectivity index (χ4n) is 1.26. The summed E-state index contributed by atoms with van der Waals surface area (Å²) in [4.78, 5) is 7.84. The zero-order valence-electron chi connectivity index (χ0n) is 7.98. The van der Waals surface area contributed by atoms with E-state index in [-0.39, 0.29) is 0 Å². The van der Waals surface area contributed by atoms with Crippen molar-refractivity contribution in [3.05, 3.63) is 46.3 Å². The van der Waals surface area contributed by atoms with Crippen molar-refractivity contribution in [2.75, 3.05) is 0 Å². The number of benzene rings is 1. The second-order valence-electron chi connectivity index (χ2n) is 3.02. The van der Waals surface area contributed by atoms with E-state index in [0.717, 1.165) is 0 Å². The Morgan fingerprint density at radius 2 is 1.94 bits per heavy atom. The summed E-state index contributed by atoms with van der Waals surface area (Å²) in [6, 6.07) is 8.59. The van der Waals surface area contributed by atoms with Crippen LogP contribution in [0.3, 0.4) is 0 Å². The summed E-state index contributed by atoms with van der Waals surface area (Å²) >= 11 is 11.9. The van der Waals surface area contributed by atoms with Crippen LogP contribution in [0.25, 0.3) is 11.3 Å². The van der Waals surface area contributed by atoms with Gasteiger partial charge in [-0.2, -0.15) is 5.26 Å². The van der Waals surface area contributed by atoms with E-state index >= 15 is 0 Å². The monoisotopic (exact) mass is 249 g/mol. The highest BCUT2D eigenvalue weighted by Crippen LogP contribution is 2.29. The maximum atomic E-state index is 8.73. The standard InChI is InChI=1S/C11H5Cl2N3/c12-7-1-2-10(13)9(3-7)11-4-8(5-14)15-6-16-11/h1-4,6H. The van der Waals surface area contributed by atoms with Crippen molar-refractivity contribution in [1.29, 1.82) is 5.26 Å². The first-order valence-electron chi connectivity index (χ1n) is 4.38. The van der Waals surface area contributed by atoms with Crippen LogP contribution in [0.15, 0.2) is 30.6 Å². The quantitative estimate of drug-likeness (QED) is 0.779. The third-order valence-corrected chi connectivity index (χ3v) is 2.55. The Kier molecular flexibility index (Phi) is 3.04. The molecule has 0 saturated heterocycles. The fourth-order valence-corrected chi connectivity index (χ4v) is 1.65. The summed E-state index contributed by atoms with van der Waals surface area (Å²) in [5.74, 6) is 0. The smallest absolute Gasteiger partial charge is 0.144 e. The van der Waals surface area contributed by atoms with Crippen molar-refractivity contribution in [2.24, 2.45) is 0 Å². The van der Waals surface area contributed by atoms with Gasteiger partial charge in [-0.1, -0.05) is 23.2 Å². The van der Waals surface area contributed by atoms with Gasteiger partial charge in [0.05, 0.1) is 10.7 Å². The summed E-state index contributed by atoms with van der Waals surface area (Å²) in [6.07, 6.45) is 1.32. The molecule has 0 N–H and O–H groups in total. The van der Waals surface area contributed by atoms with Gasteiger partial charge in [-0.3, -0.25) is 0 Å². The van der Waals surface area contributed by atoms with Gasteiger partial charge in [0, 0.05) is 16.7 Å². The lowest BCUT2D eigenvalue weighted by molar-refractivity contribution is 1.14. The molecule has 0 amide bonds. The Hall–Kier alpha value is -1.63. The first-order valence-corrected chi connectivity index (χ1v) is 5.14. The van der Waals surface area contributed by atoms with E-state index < -0.39 is 0 Å². The predicted octanol–water partition coefficient (Wildman–Crippen LogP) is 3.32. The van der Waals surface area contributed by atoms with Crippen molar-refractivity contribution >= 4 is 23.2 Å². The number of nitrogens with zero attached hydrogens (tertiary/aromatic N) is 3. The van der Waals surface area contributed by atoms with E-state index in [4.69, 9.17) is 28.5 Å². The number of nitriles is 1. The van der Waals surface area contributed by atoms with E-state index in [1.807, 2.05) is 6.07 Å². The molecule has 0 aliphatic carbocycles. The van der Waals surface area contributed by atoms with Crippen LogP contribution in [0.2, 0.25) is 10.0 Å². The van der Waals surface area contributed by atoms with Gasteiger partial charge in [0.25, 0.3) is 0 Å². The van der Waals surface area contributed by atoms with Crippen molar-refractivity contribution in [1.82, 2.24) is 9.97 Å². The second-order valence-corrected chi connectivity index (χ2v) is 3.87. The predicted molar refractivity (Wildman–Crippen MR) is 62.2 cm³/mol. The molecule has 3 nitrogen and oxygen atoms in total. The van der Waals surface area contributed by atoms with Crippen LogP contribution in [0, 0.1) is 11.3 Å². The molecule has 0 aliphatic rings. The van der Waals surface area contributed by atoms with Gasteiger partial charge in [-0.05, 0) is 18.2 Å². The normalized spacial score (nSPS) is 9.81. The summed E-state index contributed by atoms with van der Waals surface area (Å²) in [5.41, 5.74) is 1.56. The molecule has 0 saturated carbocycles. The Morgan fingerprint density at radius 1 is 1.12 bits per heavy atom. The average molecular weight is 250 g/mol. The number of aromatic nitrogens is 2. The zero-order chi connectivity index (χ0) is 11.5. The summed E-state index contributed by atoms with van der Waals surface area (Å²) in [6.45, 7) is 0. The molecular weight excluding hydrogens is 245 g/mol. The van der Waals surface area contributed by atoms with E-state index in [1.54, 1.807) is 24.3 Å². The van der Waals surface area contributed by atoms with Crippen molar-refractivity contribution in [3.8, 4) is 17.3 Å². The van der Waals surface area contributed by atoms with Gasteiger partial charge in [-0.15, -0.1) is 0 Å². The molecule has 0 unspecified atom stereocenters. The van der Waals surface area contributed by atoms with Gasteiger partial charge in [0.1, 0.15) is 18.1 Å². The van der Waals surface area contributed by atoms with E-state index in [1.165, 1.54) is 6.33 Å². The maximum Gasteiger partial charge on any atom is 0.144 e. The Labute approximate surface area is 102 Å². The first kappa shape index (κ1) is 10.9. The molecule has 1 heterocycles. The molecule has 1 aromatic carbocycles. The van der Waals surface area contributed by atoms with Crippen LogP contribution in [0.5, 0.6) is 0 Å². The minimum Gasteiger partial charge on any atom is -0.236 e. The van der Waals surface area contributed by atoms with Crippen molar-refractivity contribution in [2.45, 2.75) is 0 Å². The molecule has 2 aromatic rings. The van der Waals surface area contributed by atoms with E-state index in [0.29, 0.717) is 27.0 Å². The van der Waals surface area contributed by atoms with Gasteiger partial charge in [0.15, 0.2) is 0 Å². The summed E-state index contributed by atoms with van der Waals surface area (Å²) < 4.78 is 0. The molecule has 78 valence electrons. The van der Waals surface area contributed by atoms with Crippen LogP contribution in [-0.4, -0.2) is 9.97 Å². The highest BCUT2D eigenvalue weighted by Gasteiger charge is 2.06. The van der Waals surface area contributed by atoms with Gasteiger partial charge in [0.2, 0.25) is 0 Å². The average Bonchev–Trinajstić information content (AvgIpc) is 2.32. The molecule has 2 rings (SSSR count). The zero-order valence-corrected chi connectivity index (χ0v) is 9.50. The topological polar surface area (TPSA) is 49.6 Å².